The van der Waals surface area contributed by atoms with E-state index in [4.69, 9.17) is 16.7 Å². The van der Waals surface area contributed by atoms with Crippen molar-refractivity contribution in [2.75, 3.05) is 18.0 Å². The number of amides is 2. The Bertz CT molecular complexity index is 544. The molecule has 1 heterocycles. The number of aromatic carboxylic acids is 1. The van der Waals surface area contributed by atoms with Gasteiger partial charge in [0.25, 0.3) is 0 Å². The molecule has 0 aromatic heterocycles. The molecule has 0 bridgehead atoms. The number of nitrogens with one attached hydrogen (secondary N) is 1. The maximum Gasteiger partial charge on any atom is 0.337 e. The normalized spacial score (nSPS) is 15.5. The van der Waals surface area contributed by atoms with Crippen LogP contribution in [0.2, 0.25) is 5.02 Å². The number of carbonyl (C=O) groups is 3. The summed E-state index contributed by atoms with van der Waals surface area (Å²) in [6, 6.07) is 4.12. The van der Waals surface area contributed by atoms with E-state index in [1.807, 2.05) is 0 Å². The molecule has 94 valence electrons. The molecule has 0 spiro atoms. The molecule has 1 aromatic rings. The van der Waals surface area contributed by atoms with E-state index in [-0.39, 0.29) is 35.5 Å². The second-order valence-electron chi connectivity index (χ2n) is 3.73. The minimum absolute atomic E-state index is 0.0266. The van der Waals surface area contributed by atoms with Gasteiger partial charge in [-0.2, -0.15) is 0 Å². The van der Waals surface area contributed by atoms with Crippen molar-refractivity contribution in [3.63, 3.8) is 0 Å². The molecule has 6 nitrogen and oxygen atoms in total. The molecule has 18 heavy (non-hydrogen) atoms. The van der Waals surface area contributed by atoms with Gasteiger partial charge < -0.3 is 15.3 Å². The minimum Gasteiger partial charge on any atom is -0.478 e. The standard InChI is InChI=1S/C11H9ClN2O4/c12-8-3-6(1-2-7(8)11(17)18)14-5-9(15)13-4-10(14)16/h1-3H,4-5H2,(H,13,15)(H,17,18). The summed E-state index contributed by atoms with van der Waals surface area (Å²) in [5, 5.41) is 11.3. The molecule has 0 aliphatic carbocycles. The lowest BCUT2D eigenvalue weighted by Gasteiger charge is -2.26. The lowest BCUT2D eigenvalue weighted by atomic mass is 10.2. The van der Waals surface area contributed by atoms with Crippen molar-refractivity contribution < 1.29 is 19.5 Å². The Hall–Kier alpha value is -2.08. The van der Waals surface area contributed by atoms with Crippen LogP contribution in [0.4, 0.5) is 5.69 Å². The van der Waals surface area contributed by atoms with Gasteiger partial charge in [-0.25, -0.2) is 4.79 Å². The molecule has 1 aliphatic heterocycles. The Kier molecular flexibility index (Phi) is 3.20. The highest BCUT2D eigenvalue weighted by Gasteiger charge is 2.25. The third kappa shape index (κ3) is 2.28. The molecule has 2 rings (SSSR count). The molecule has 0 atom stereocenters. The van der Waals surface area contributed by atoms with Gasteiger partial charge in [-0.1, -0.05) is 11.6 Å². The summed E-state index contributed by atoms with van der Waals surface area (Å²) < 4.78 is 0. The number of rotatable bonds is 2. The fourth-order valence-electron chi connectivity index (χ4n) is 1.64. The van der Waals surface area contributed by atoms with Crippen molar-refractivity contribution in [2.24, 2.45) is 0 Å². The van der Waals surface area contributed by atoms with E-state index < -0.39 is 5.97 Å². The van der Waals surface area contributed by atoms with Crippen molar-refractivity contribution in [3.05, 3.63) is 28.8 Å². The number of piperazine rings is 1. The number of halogens is 1. The van der Waals surface area contributed by atoms with Gasteiger partial charge in [0, 0.05) is 5.69 Å². The van der Waals surface area contributed by atoms with Crippen LogP contribution in [0.15, 0.2) is 18.2 Å². The number of nitrogens with zero attached hydrogens (tertiary/aromatic N) is 1. The fraction of sp³-hybridized carbons (Fsp3) is 0.182. The quantitative estimate of drug-likeness (QED) is 0.818. The fourth-order valence-corrected chi connectivity index (χ4v) is 1.89. The predicted octanol–water partition coefficient (Wildman–Crippen LogP) is 0.501. The van der Waals surface area contributed by atoms with Gasteiger partial charge in [0.2, 0.25) is 11.8 Å². The van der Waals surface area contributed by atoms with Crippen LogP contribution in [0.1, 0.15) is 10.4 Å². The molecule has 0 radical (unpaired) electrons. The van der Waals surface area contributed by atoms with E-state index >= 15 is 0 Å². The SMILES string of the molecule is O=C1CN(c2ccc(C(=O)O)c(Cl)c2)C(=O)CN1. The predicted molar refractivity (Wildman–Crippen MR) is 63.8 cm³/mol. The number of benzene rings is 1. The number of anilines is 1. The molecular weight excluding hydrogens is 260 g/mol. The second kappa shape index (κ2) is 4.66. The molecule has 1 aliphatic rings. The number of carboxylic acids is 1. The summed E-state index contributed by atoms with van der Waals surface area (Å²) in [5.41, 5.74) is 0.360. The van der Waals surface area contributed by atoms with E-state index in [0.717, 1.165) is 0 Å². The van der Waals surface area contributed by atoms with E-state index in [2.05, 4.69) is 5.32 Å². The van der Waals surface area contributed by atoms with Crippen molar-refractivity contribution in [3.8, 4) is 0 Å². The first-order valence-electron chi connectivity index (χ1n) is 5.09. The Morgan fingerprint density at radius 3 is 2.72 bits per heavy atom. The first kappa shape index (κ1) is 12.4. The summed E-state index contributed by atoms with van der Waals surface area (Å²) in [6.45, 7) is -0.168. The molecule has 2 amide bonds. The van der Waals surface area contributed by atoms with Gasteiger partial charge in [-0.3, -0.25) is 9.59 Å². The topological polar surface area (TPSA) is 86.7 Å². The van der Waals surface area contributed by atoms with Crippen molar-refractivity contribution in [1.29, 1.82) is 0 Å². The highest BCUT2D eigenvalue weighted by Crippen LogP contribution is 2.24. The molecule has 1 fully saturated rings. The number of hydrogen-bond acceptors (Lipinski definition) is 3. The third-order valence-electron chi connectivity index (χ3n) is 2.53. The van der Waals surface area contributed by atoms with Crippen molar-refractivity contribution in [1.82, 2.24) is 5.32 Å². The van der Waals surface area contributed by atoms with Crippen LogP contribution >= 0.6 is 11.6 Å². The highest BCUT2D eigenvalue weighted by molar-refractivity contribution is 6.33. The smallest absolute Gasteiger partial charge is 0.337 e. The maximum absolute atomic E-state index is 11.6. The average Bonchev–Trinajstić information content (AvgIpc) is 2.31. The zero-order valence-corrected chi connectivity index (χ0v) is 9.90. The molecule has 0 unspecified atom stereocenters. The average molecular weight is 269 g/mol. The molecule has 1 aromatic carbocycles. The number of carboxylic acid groups (broad SMARTS) is 1. The lowest BCUT2D eigenvalue weighted by molar-refractivity contribution is -0.128. The first-order chi connectivity index (χ1) is 8.49. The Morgan fingerprint density at radius 2 is 2.11 bits per heavy atom. The zero-order chi connectivity index (χ0) is 13.3. The van der Waals surface area contributed by atoms with E-state index in [1.165, 1.54) is 23.1 Å². The van der Waals surface area contributed by atoms with Gasteiger partial charge in [-0.15, -0.1) is 0 Å². The largest absolute Gasteiger partial charge is 0.478 e. The van der Waals surface area contributed by atoms with Gasteiger partial charge in [0.1, 0.15) is 6.54 Å². The van der Waals surface area contributed by atoms with Gasteiger partial charge >= 0.3 is 5.97 Å². The van der Waals surface area contributed by atoms with Crippen LogP contribution < -0.4 is 10.2 Å². The molecular formula is C11H9ClN2O4. The first-order valence-corrected chi connectivity index (χ1v) is 5.47. The Labute approximate surface area is 107 Å². The van der Waals surface area contributed by atoms with Gasteiger partial charge in [-0.05, 0) is 18.2 Å². The zero-order valence-electron chi connectivity index (χ0n) is 9.14. The monoisotopic (exact) mass is 268 g/mol. The molecule has 7 heteroatoms. The van der Waals surface area contributed by atoms with E-state index in [9.17, 15) is 14.4 Å². The van der Waals surface area contributed by atoms with Crippen LogP contribution in [0.25, 0.3) is 0 Å². The Morgan fingerprint density at radius 1 is 1.39 bits per heavy atom. The van der Waals surface area contributed by atoms with Crippen LogP contribution in [0, 0.1) is 0 Å². The van der Waals surface area contributed by atoms with Gasteiger partial charge in [0.15, 0.2) is 0 Å². The summed E-state index contributed by atoms with van der Waals surface area (Å²) in [4.78, 5) is 34.9. The van der Waals surface area contributed by atoms with Crippen molar-refractivity contribution in [2.45, 2.75) is 0 Å². The van der Waals surface area contributed by atoms with E-state index in [1.54, 1.807) is 0 Å². The molecule has 0 saturated carbocycles. The highest BCUT2D eigenvalue weighted by atomic mass is 35.5. The maximum atomic E-state index is 11.6. The van der Waals surface area contributed by atoms with Gasteiger partial charge in [0.05, 0.1) is 17.1 Å². The summed E-state index contributed by atoms with van der Waals surface area (Å²) in [6.07, 6.45) is 0. The lowest BCUT2D eigenvalue weighted by Crippen LogP contribution is -2.51. The summed E-state index contributed by atoms with van der Waals surface area (Å²) in [7, 11) is 0. The summed E-state index contributed by atoms with van der Waals surface area (Å²) in [5.74, 6) is -1.68. The van der Waals surface area contributed by atoms with Crippen LogP contribution in [0.5, 0.6) is 0 Å². The van der Waals surface area contributed by atoms with Crippen LogP contribution in [-0.4, -0.2) is 36.0 Å². The Balaban J connectivity index is 2.33. The number of carbonyl (C=O) groups excluding carboxylic acids is 2. The molecule has 2 N–H and O–H groups in total. The van der Waals surface area contributed by atoms with E-state index in [0.29, 0.717) is 5.69 Å². The second-order valence-corrected chi connectivity index (χ2v) is 4.13. The third-order valence-corrected chi connectivity index (χ3v) is 2.85. The molecule has 1 saturated heterocycles. The van der Waals surface area contributed by atoms with Crippen LogP contribution in [-0.2, 0) is 9.59 Å². The van der Waals surface area contributed by atoms with Crippen molar-refractivity contribution >= 4 is 35.1 Å². The number of hydrogen-bond donors (Lipinski definition) is 2. The van der Waals surface area contributed by atoms with Crippen LogP contribution in [0.3, 0.4) is 0 Å². The minimum atomic E-state index is -1.14. The summed E-state index contributed by atoms with van der Waals surface area (Å²) >= 11 is 5.81.